The molecule has 5 N–H and O–H groups in total. The summed E-state index contributed by atoms with van der Waals surface area (Å²) in [6, 6.07) is 0. The molecule has 0 aromatic heterocycles. The van der Waals surface area contributed by atoms with Crippen molar-refractivity contribution in [2.75, 3.05) is 39.3 Å². The van der Waals surface area contributed by atoms with Gasteiger partial charge in [-0.25, -0.2) is 0 Å². The van der Waals surface area contributed by atoms with Gasteiger partial charge in [-0.05, 0) is 0 Å². The van der Waals surface area contributed by atoms with Crippen LogP contribution in [0.25, 0.3) is 0 Å². The number of nitrogens with zero attached hydrogens (tertiary/aromatic N) is 3. The quantitative estimate of drug-likeness (QED) is 0.143. The Labute approximate surface area is 157 Å². The molecule has 27 heavy (non-hydrogen) atoms. The fourth-order valence-electron chi connectivity index (χ4n) is 1.52. The van der Waals surface area contributed by atoms with Crippen LogP contribution in [0.1, 0.15) is 0 Å². The van der Waals surface area contributed by atoms with E-state index >= 15 is 0 Å². The molecule has 0 saturated heterocycles. The van der Waals surface area contributed by atoms with E-state index in [1.54, 1.807) is 0 Å². The second kappa shape index (κ2) is 13.9. The molecule has 0 fully saturated rings. The Morgan fingerprint density at radius 2 is 1.04 bits per heavy atom. The number of rotatable bonds is 12. The van der Waals surface area contributed by atoms with Gasteiger partial charge in [0.25, 0.3) is 0 Å². The molecule has 0 aliphatic rings. The Morgan fingerprint density at radius 3 is 1.15 bits per heavy atom. The first-order valence-electron chi connectivity index (χ1n) is 6.63. The third-order valence-corrected chi connectivity index (χ3v) is 4.39. The molecule has 0 aliphatic carbocycles. The molecule has 154 valence electrons. The molecular formula is C11H17N3O11SSe. The first-order chi connectivity index (χ1) is 12.3. The molecule has 0 spiro atoms. The van der Waals surface area contributed by atoms with Crippen LogP contribution in [0, 0.1) is 10.7 Å². The van der Waals surface area contributed by atoms with E-state index in [0.717, 1.165) is 9.80 Å². The largest absolute Gasteiger partial charge is 0.480 e. The van der Waals surface area contributed by atoms with Crippen LogP contribution in [0.3, 0.4) is 0 Å². The first kappa shape index (κ1) is 26.9. The number of carbonyl (C=O) groups is 4. The van der Waals surface area contributed by atoms with Crippen molar-refractivity contribution in [2.24, 2.45) is 0 Å². The van der Waals surface area contributed by atoms with Gasteiger partial charge in [-0.15, -0.1) is 0 Å². The molecule has 0 unspecified atom stereocenters. The van der Waals surface area contributed by atoms with Gasteiger partial charge in [0, 0.05) is 13.1 Å². The van der Waals surface area contributed by atoms with Gasteiger partial charge in [0.2, 0.25) is 0 Å². The predicted molar refractivity (Wildman–Crippen MR) is 86.0 cm³/mol. The summed E-state index contributed by atoms with van der Waals surface area (Å²) >= 11 is -4.75. The van der Waals surface area contributed by atoms with Crippen LogP contribution < -0.4 is 0 Å². The van der Waals surface area contributed by atoms with Gasteiger partial charge in [-0.3, -0.25) is 29.0 Å². The maximum Gasteiger partial charge on any atom is 0.317 e. The minimum Gasteiger partial charge on any atom is -0.480 e. The molecule has 0 heterocycles. The standard InChI is InChI=1S/C10H16N2O8.CHNO3SSe/c13-7(14)3-11(4-8(15)16)1-2-12(5-9(17)18)6-10(19)20;2-1-6-7(3,4)5/h1-6H2,(H,13,14)(H,15,16)(H,17,18)(H,19,20);(H,3,4,5). The van der Waals surface area contributed by atoms with Crippen LogP contribution in [0.4, 0.5) is 0 Å². The smallest absolute Gasteiger partial charge is 0.317 e. The second-order valence-corrected chi connectivity index (χ2v) is 9.98. The SMILES string of the molecule is N#CS[Se](=O)(=O)O.O=C(O)CN(CCN(CC(=O)O)CC(=O)O)CC(=O)O. The Bertz CT molecular complexity index is 608. The summed E-state index contributed by atoms with van der Waals surface area (Å²) in [6.07, 6.45) is 0. The minimum absolute atomic E-state index is 0.0703. The van der Waals surface area contributed by atoms with E-state index in [-0.39, 0.29) is 23.3 Å². The Hall–Kier alpha value is -2.28. The van der Waals surface area contributed by atoms with Crippen LogP contribution in [0.5, 0.6) is 0 Å². The number of hydrogen-bond donors (Lipinski definition) is 5. The van der Waals surface area contributed by atoms with E-state index in [1.165, 1.54) is 5.40 Å². The second-order valence-electron chi connectivity index (χ2n) is 4.60. The van der Waals surface area contributed by atoms with E-state index in [9.17, 15) is 26.8 Å². The van der Waals surface area contributed by atoms with Gasteiger partial charge in [0.15, 0.2) is 0 Å². The zero-order chi connectivity index (χ0) is 21.6. The summed E-state index contributed by atoms with van der Waals surface area (Å²) in [7, 11) is -0.105. The van der Waals surface area contributed by atoms with Gasteiger partial charge in [-0.1, -0.05) is 0 Å². The maximum atomic E-state index is 10.6. The summed E-state index contributed by atoms with van der Waals surface area (Å²) in [5.41, 5.74) is 0. The topological polar surface area (TPSA) is 234 Å². The van der Waals surface area contributed by atoms with Crippen LogP contribution in [-0.4, -0.2) is 109 Å². The van der Waals surface area contributed by atoms with Crippen molar-refractivity contribution in [3.05, 3.63) is 0 Å². The van der Waals surface area contributed by atoms with Crippen LogP contribution in [-0.2, 0) is 26.8 Å². The summed E-state index contributed by atoms with van der Waals surface area (Å²) < 4.78 is 27.0. The van der Waals surface area contributed by atoms with Gasteiger partial charge in [0.05, 0.1) is 26.2 Å². The fourth-order valence-corrected chi connectivity index (χ4v) is 2.21. The van der Waals surface area contributed by atoms with E-state index < -0.39 is 62.0 Å². The molecule has 0 rings (SSSR count). The number of nitriles is 1. The van der Waals surface area contributed by atoms with Crippen molar-refractivity contribution in [2.45, 2.75) is 0 Å². The summed E-state index contributed by atoms with van der Waals surface area (Å²) in [5.74, 6) is -4.91. The van der Waals surface area contributed by atoms with Gasteiger partial charge in [0.1, 0.15) is 0 Å². The third kappa shape index (κ3) is 21.7. The normalized spacial score (nSPS) is 10.6. The molecule has 14 nitrogen and oxygen atoms in total. The number of thiocyanates is 1. The maximum absolute atomic E-state index is 10.6. The van der Waals surface area contributed by atoms with Crippen LogP contribution in [0.2, 0.25) is 0 Å². The van der Waals surface area contributed by atoms with Crippen molar-refractivity contribution in [3.63, 3.8) is 0 Å². The third-order valence-electron chi connectivity index (χ3n) is 2.31. The van der Waals surface area contributed by atoms with E-state index in [0.29, 0.717) is 0 Å². The zero-order valence-electron chi connectivity index (χ0n) is 13.6. The van der Waals surface area contributed by atoms with E-state index in [1.807, 2.05) is 0 Å². The van der Waals surface area contributed by atoms with Crippen molar-refractivity contribution < 1.29 is 51.5 Å². The molecular weight excluding hydrogens is 461 g/mol. The number of aliphatic carboxylic acids is 4. The number of carboxylic acids is 4. The van der Waals surface area contributed by atoms with Gasteiger partial charge >= 0.3 is 68.5 Å². The Balaban J connectivity index is 0. The predicted octanol–water partition coefficient (Wildman–Crippen LogP) is -2.58. The average Bonchev–Trinajstić information content (AvgIpc) is 2.41. The Kier molecular flexibility index (Phi) is 13.8. The summed E-state index contributed by atoms with van der Waals surface area (Å²) in [5, 5.41) is 43.3. The molecule has 0 saturated carbocycles. The van der Waals surface area contributed by atoms with Crippen molar-refractivity contribution >= 4 is 46.0 Å². The van der Waals surface area contributed by atoms with Crippen LogP contribution >= 0.6 is 10.2 Å². The van der Waals surface area contributed by atoms with Gasteiger partial charge in [-0.2, -0.15) is 0 Å². The van der Waals surface area contributed by atoms with E-state index in [2.05, 4.69) is 0 Å². The minimum atomic E-state index is -4.75. The molecule has 0 aromatic carbocycles. The zero-order valence-corrected chi connectivity index (χ0v) is 16.1. The molecule has 0 aromatic rings. The summed E-state index contributed by atoms with van der Waals surface area (Å²) in [6.45, 7) is -2.25. The number of carboxylic acid groups (broad SMARTS) is 4. The van der Waals surface area contributed by atoms with Crippen LogP contribution in [0.15, 0.2) is 0 Å². The van der Waals surface area contributed by atoms with E-state index in [4.69, 9.17) is 29.9 Å². The monoisotopic (exact) mass is 479 g/mol. The van der Waals surface area contributed by atoms with Gasteiger partial charge < -0.3 is 20.4 Å². The van der Waals surface area contributed by atoms with Crippen molar-refractivity contribution in [1.29, 1.82) is 5.26 Å². The van der Waals surface area contributed by atoms with Crippen molar-refractivity contribution in [3.8, 4) is 5.40 Å². The fraction of sp³-hybridized carbons (Fsp3) is 0.545. The molecule has 16 heteroatoms. The molecule has 0 bridgehead atoms. The Morgan fingerprint density at radius 1 is 0.778 bits per heavy atom. The van der Waals surface area contributed by atoms with Crippen molar-refractivity contribution in [1.82, 2.24) is 9.80 Å². The average molecular weight is 478 g/mol. The molecule has 0 radical (unpaired) electrons. The summed E-state index contributed by atoms with van der Waals surface area (Å²) in [4.78, 5) is 44.4. The molecule has 0 aliphatic heterocycles. The molecule has 0 amide bonds. The number of hydrogen-bond acceptors (Lipinski definition) is 10. The molecule has 0 atom stereocenters. The first-order valence-corrected chi connectivity index (χ1v) is 11.6.